The van der Waals surface area contributed by atoms with Crippen LogP contribution in [0, 0.1) is 0 Å². The molecule has 0 fully saturated rings. The Balaban J connectivity index is 1.51. The predicted octanol–water partition coefficient (Wildman–Crippen LogP) is 3.33. The maximum Gasteiger partial charge on any atom is 0.251 e. The van der Waals surface area contributed by atoms with Gasteiger partial charge in [0.2, 0.25) is 5.91 Å². The smallest absolute Gasteiger partial charge is 0.251 e. The van der Waals surface area contributed by atoms with E-state index in [1.807, 2.05) is 17.6 Å². The first-order valence-corrected chi connectivity index (χ1v) is 11.1. The minimum atomic E-state index is -0.492. The van der Waals surface area contributed by atoms with E-state index in [-0.39, 0.29) is 5.91 Å². The number of carbonyl (C=O) groups excluding carboxylic acids is 2. The number of aromatic nitrogens is 3. The number of anilines is 1. The summed E-state index contributed by atoms with van der Waals surface area (Å²) in [4.78, 5) is 25.9. The summed E-state index contributed by atoms with van der Waals surface area (Å²) in [7, 11) is 0. The maximum atomic E-state index is 12.8. The van der Waals surface area contributed by atoms with E-state index in [9.17, 15) is 9.59 Å². The SMILES string of the molecule is CCn1c(SC(C)C(=O)Nc2sc3c(c2C(N)=O)CCC3)nnc1-c1ccco1. The van der Waals surface area contributed by atoms with E-state index >= 15 is 0 Å². The van der Waals surface area contributed by atoms with Crippen LogP contribution in [0.3, 0.4) is 0 Å². The Morgan fingerprint density at radius 2 is 2.24 bits per heavy atom. The standard InChI is InChI=1S/C19H21N5O3S2/c1-3-24-16(12-7-5-9-27-12)22-23-19(24)28-10(2)17(26)21-18-14(15(20)25)11-6-4-8-13(11)29-18/h5,7,9-10H,3-4,6,8H2,1-2H3,(H2,20,25)(H,21,26). The van der Waals surface area contributed by atoms with Crippen LogP contribution in [-0.4, -0.2) is 31.8 Å². The summed E-state index contributed by atoms with van der Waals surface area (Å²) in [5.41, 5.74) is 7.03. The molecule has 3 aromatic heterocycles. The van der Waals surface area contributed by atoms with Crippen LogP contribution >= 0.6 is 23.1 Å². The lowest BCUT2D eigenvalue weighted by atomic mass is 10.1. The van der Waals surface area contributed by atoms with Gasteiger partial charge < -0.3 is 15.5 Å². The number of thioether (sulfide) groups is 1. The summed E-state index contributed by atoms with van der Waals surface area (Å²) in [6.07, 6.45) is 4.36. The quantitative estimate of drug-likeness (QED) is 0.554. The third kappa shape index (κ3) is 3.69. The van der Waals surface area contributed by atoms with Gasteiger partial charge in [0, 0.05) is 11.4 Å². The molecule has 0 bridgehead atoms. The number of nitrogens with zero attached hydrogens (tertiary/aromatic N) is 3. The van der Waals surface area contributed by atoms with Crippen molar-refractivity contribution in [2.75, 3.05) is 5.32 Å². The molecule has 0 saturated carbocycles. The molecule has 3 N–H and O–H groups in total. The van der Waals surface area contributed by atoms with Crippen molar-refractivity contribution in [3.05, 3.63) is 34.4 Å². The molecule has 152 valence electrons. The second-order valence-electron chi connectivity index (χ2n) is 6.70. The van der Waals surface area contributed by atoms with Gasteiger partial charge in [-0.3, -0.25) is 14.2 Å². The normalized spacial score (nSPS) is 14.0. The first kappa shape index (κ1) is 19.7. The van der Waals surface area contributed by atoms with Crippen LogP contribution in [0.5, 0.6) is 0 Å². The summed E-state index contributed by atoms with van der Waals surface area (Å²) < 4.78 is 7.32. The number of nitrogens with one attached hydrogen (secondary N) is 1. The minimum Gasteiger partial charge on any atom is -0.461 e. The number of carbonyl (C=O) groups is 2. The van der Waals surface area contributed by atoms with Crippen LogP contribution < -0.4 is 11.1 Å². The molecule has 2 amide bonds. The van der Waals surface area contributed by atoms with Crippen molar-refractivity contribution in [3.8, 4) is 11.6 Å². The Morgan fingerprint density at radius 3 is 2.93 bits per heavy atom. The largest absolute Gasteiger partial charge is 0.461 e. The third-order valence-corrected chi connectivity index (χ3v) is 7.12. The molecule has 1 aliphatic rings. The average Bonchev–Trinajstić information content (AvgIpc) is 3.44. The van der Waals surface area contributed by atoms with Crippen LogP contribution in [0.1, 0.15) is 41.1 Å². The number of hydrogen-bond acceptors (Lipinski definition) is 7. The van der Waals surface area contributed by atoms with Gasteiger partial charge in [0.25, 0.3) is 5.91 Å². The van der Waals surface area contributed by atoms with Crippen molar-refractivity contribution in [3.63, 3.8) is 0 Å². The number of furan rings is 1. The van der Waals surface area contributed by atoms with Gasteiger partial charge in [-0.25, -0.2) is 0 Å². The molecule has 0 aliphatic heterocycles. The number of rotatable bonds is 7. The minimum absolute atomic E-state index is 0.206. The molecule has 1 unspecified atom stereocenters. The van der Waals surface area contributed by atoms with Crippen LogP contribution in [0.15, 0.2) is 28.0 Å². The molecule has 1 aliphatic carbocycles. The molecule has 8 nitrogen and oxygen atoms in total. The molecule has 3 heterocycles. The molecule has 0 saturated heterocycles. The van der Waals surface area contributed by atoms with Gasteiger partial charge >= 0.3 is 0 Å². The highest BCUT2D eigenvalue weighted by Crippen LogP contribution is 2.39. The molecule has 0 spiro atoms. The lowest BCUT2D eigenvalue weighted by Crippen LogP contribution is -2.24. The van der Waals surface area contributed by atoms with E-state index in [0.29, 0.717) is 33.9 Å². The van der Waals surface area contributed by atoms with E-state index in [1.54, 1.807) is 19.3 Å². The molecular weight excluding hydrogens is 410 g/mol. The Morgan fingerprint density at radius 1 is 1.41 bits per heavy atom. The molecule has 0 aromatic carbocycles. The maximum absolute atomic E-state index is 12.8. The fraction of sp³-hybridized carbons (Fsp3) is 0.368. The lowest BCUT2D eigenvalue weighted by molar-refractivity contribution is -0.115. The Labute approximate surface area is 175 Å². The highest BCUT2D eigenvalue weighted by Gasteiger charge is 2.28. The number of fused-ring (bicyclic) bond motifs is 1. The number of amides is 2. The fourth-order valence-corrected chi connectivity index (χ4v) is 5.64. The van der Waals surface area contributed by atoms with Crippen LogP contribution in [0.4, 0.5) is 5.00 Å². The van der Waals surface area contributed by atoms with Gasteiger partial charge in [0.15, 0.2) is 16.7 Å². The van der Waals surface area contributed by atoms with Crippen molar-refractivity contribution >= 4 is 39.9 Å². The van der Waals surface area contributed by atoms with Gasteiger partial charge in [-0.05, 0) is 50.8 Å². The Kier molecular flexibility index (Phi) is 5.46. The van der Waals surface area contributed by atoms with Gasteiger partial charge in [-0.1, -0.05) is 11.8 Å². The van der Waals surface area contributed by atoms with Gasteiger partial charge in [0.05, 0.1) is 17.1 Å². The predicted molar refractivity (Wildman–Crippen MR) is 112 cm³/mol. The number of nitrogens with two attached hydrogens (primary N) is 1. The van der Waals surface area contributed by atoms with Crippen molar-refractivity contribution < 1.29 is 14.0 Å². The second kappa shape index (κ2) is 8.03. The number of hydrogen-bond donors (Lipinski definition) is 2. The molecule has 3 aromatic rings. The monoisotopic (exact) mass is 431 g/mol. The summed E-state index contributed by atoms with van der Waals surface area (Å²) in [5.74, 6) is 0.553. The molecule has 0 radical (unpaired) electrons. The lowest BCUT2D eigenvalue weighted by Gasteiger charge is -2.12. The molecule has 29 heavy (non-hydrogen) atoms. The van der Waals surface area contributed by atoms with E-state index in [1.165, 1.54) is 23.1 Å². The van der Waals surface area contributed by atoms with Crippen molar-refractivity contribution in [2.45, 2.75) is 50.1 Å². The Bertz CT molecular complexity index is 1050. The Hall–Kier alpha value is -2.59. The zero-order valence-electron chi connectivity index (χ0n) is 16.1. The zero-order chi connectivity index (χ0) is 20.5. The van der Waals surface area contributed by atoms with Crippen molar-refractivity contribution in [1.29, 1.82) is 0 Å². The summed E-state index contributed by atoms with van der Waals surface area (Å²) in [5, 5.41) is 12.1. The van der Waals surface area contributed by atoms with E-state index < -0.39 is 11.2 Å². The van der Waals surface area contributed by atoms with Crippen LogP contribution in [0.2, 0.25) is 0 Å². The second-order valence-corrected chi connectivity index (χ2v) is 9.12. The fourth-order valence-electron chi connectivity index (χ4n) is 3.43. The molecule has 10 heteroatoms. The van der Waals surface area contributed by atoms with Crippen molar-refractivity contribution in [1.82, 2.24) is 14.8 Å². The summed E-state index contributed by atoms with van der Waals surface area (Å²) in [6, 6.07) is 3.61. The van der Waals surface area contributed by atoms with Crippen LogP contribution in [0.25, 0.3) is 11.6 Å². The summed E-state index contributed by atoms with van der Waals surface area (Å²) >= 11 is 2.76. The summed E-state index contributed by atoms with van der Waals surface area (Å²) in [6.45, 7) is 4.42. The highest BCUT2D eigenvalue weighted by atomic mass is 32.2. The average molecular weight is 432 g/mol. The number of primary amides is 1. The van der Waals surface area contributed by atoms with E-state index in [4.69, 9.17) is 10.2 Å². The third-order valence-electron chi connectivity index (χ3n) is 4.83. The number of aryl methyl sites for hydroxylation is 1. The van der Waals surface area contributed by atoms with Gasteiger partial charge in [-0.2, -0.15) is 0 Å². The van der Waals surface area contributed by atoms with Crippen molar-refractivity contribution in [2.24, 2.45) is 5.73 Å². The first-order valence-electron chi connectivity index (χ1n) is 9.38. The van der Waals surface area contributed by atoms with E-state index in [2.05, 4.69) is 15.5 Å². The van der Waals surface area contributed by atoms with Gasteiger partial charge in [0.1, 0.15) is 5.00 Å². The topological polar surface area (TPSA) is 116 Å². The zero-order valence-corrected chi connectivity index (χ0v) is 17.7. The van der Waals surface area contributed by atoms with E-state index in [0.717, 1.165) is 29.7 Å². The molecule has 1 atom stereocenters. The molecule has 4 rings (SSSR count). The highest BCUT2D eigenvalue weighted by molar-refractivity contribution is 8.00. The first-order chi connectivity index (χ1) is 14.0. The molecular formula is C19H21N5O3S2. The number of thiophene rings is 1. The van der Waals surface area contributed by atoms with Gasteiger partial charge in [-0.15, -0.1) is 21.5 Å². The van der Waals surface area contributed by atoms with Crippen LogP contribution in [-0.2, 0) is 24.2 Å².